The SMILES string of the molecule is Cc1sc(C(=O)O)cc1S(=O)(=O)NCC1CSCCS1. The first-order valence-corrected chi connectivity index (χ1v) is 10.4. The number of hydrogen-bond acceptors (Lipinski definition) is 6. The largest absolute Gasteiger partial charge is 0.477 e. The monoisotopic (exact) mass is 353 g/mol. The van der Waals surface area contributed by atoms with Crippen molar-refractivity contribution in [2.24, 2.45) is 0 Å². The van der Waals surface area contributed by atoms with Gasteiger partial charge in [0.05, 0.1) is 4.90 Å². The average Bonchev–Trinajstić information content (AvgIpc) is 2.81. The van der Waals surface area contributed by atoms with Crippen molar-refractivity contribution in [3.8, 4) is 0 Å². The molecule has 1 aliphatic heterocycles. The molecule has 2 rings (SSSR count). The molecular weight excluding hydrogens is 338 g/mol. The van der Waals surface area contributed by atoms with Gasteiger partial charge in [0, 0.05) is 33.9 Å². The molecule has 1 unspecified atom stereocenters. The Morgan fingerprint density at radius 3 is 2.80 bits per heavy atom. The lowest BCUT2D eigenvalue weighted by molar-refractivity contribution is 0.0702. The fourth-order valence-electron chi connectivity index (χ4n) is 1.77. The number of carboxylic acids is 1. The number of aryl methyl sites for hydroxylation is 1. The minimum atomic E-state index is -3.63. The predicted octanol–water partition coefficient (Wildman–Crippen LogP) is 1.88. The van der Waals surface area contributed by atoms with E-state index < -0.39 is 16.0 Å². The second kappa shape index (κ2) is 6.69. The van der Waals surface area contributed by atoms with Gasteiger partial charge in [-0.3, -0.25) is 0 Å². The number of aromatic carboxylic acids is 1. The highest BCUT2D eigenvalue weighted by atomic mass is 32.2. The molecular formula is C11H15NO4S4. The molecule has 1 aliphatic rings. The van der Waals surface area contributed by atoms with Crippen LogP contribution in [-0.2, 0) is 10.0 Å². The number of carboxylic acid groups (broad SMARTS) is 1. The van der Waals surface area contributed by atoms with Crippen molar-refractivity contribution >= 4 is 50.9 Å². The molecule has 0 radical (unpaired) electrons. The first-order chi connectivity index (χ1) is 9.40. The van der Waals surface area contributed by atoms with Crippen LogP contribution in [0, 0.1) is 6.92 Å². The molecule has 1 saturated heterocycles. The molecule has 0 amide bonds. The first-order valence-electron chi connectivity index (χ1n) is 5.93. The van der Waals surface area contributed by atoms with Crippen LogP contribution in [0.1, 0.15) is 14.5 Å². The highest BCUT2D eigenvalue weighted by Crippen LogP contribution is 2.27. The van der Waals surface area contributed by atoms with E-state index in [1.54, 1.807) is 18.7 Å². The van der Waals surface area contributed by atoms with Gasteiger partial charge in [-0.2, -0.15) is 23.5 Å². The third-order valence-corrected chi connectivity index (χ3v) is 8.32. The Kier molecular flexibility index (Phi) is 5.41. The first kappa shape index (κ1) is 16.2. The Morgan fingerprint density at radius 2 is 2.25 bits per heavy atom. The van der Waals surface area contributed by atoms with Crippen molar-refractivity contribution in [3.63, 3.8) is 0 Å². The zero-order valence-corrected chi connectivity index (χ0v) is 14.1. The lowest BCUT2D eigenvalue weighted by atomic mass is 10.4. The maximum atomic E-state index is 12.2. The quantitative estimate of drug-likeness (QED) is 0.841. The Hall–Kier alpha value is -0.220. The van der Waals surface area contributed by atoms with Gasteiger partial charge in [-0.1, -0.05) is 0 Å². The van der Waals surface area contributed by atoms with Crippen LogP contribution < -0.4 is 4.72 Å². The van der Waals surface area contributed by atoms with E-state index in [0.717, 1.165) is 28.6 Å². The van der Waals surface area contributed by atoms with Crippen molar-refractivity contribution in [2.45, 2.75) is 17.1 Å². The van der Waals surface area contributed by atoms with Crippen molar-refractivity contribution in [1.82, 2.24) is 4.72 Å². The number of carbonyl (C=O) groups is 1. The maximum Gasteiger partial charge on any atom is 0.345 e. The Morgan fingerprint density at radius 1 is 1.50 bits per heavy atom. The van der Waals surface area contributed by atoms with E-state index in [9.17, 15) is 13.2 Å². The molecule has 1 aromatic rings. The summed E-state index contributed by atoms with van der Waals surface area (Å²) in [6, 6.07) is 1.23. The molecule has 1 fully saturated rings. The fourth-order valence-corrected chi connectivity index (χ4v) is 7.00. The lowest BCUT2D eigenvalue weighted by Gasteiger charge is -2.21. The van der Waals surface area contributed by atoms with Crippen LogP contribution in [0.15, 0.2) is 11.0 Å². The van der Waals surface area contributed by atoms with Gasteiger partial charge in [0.2, 0.25) is 10.0 Å². The fraction of sp³-hybridized carbons (Fsp3) is 0.545. The number of rotatable bonds is 5. The molecule has 9 heteroatoms. The van der Waals surface area contributed by atoms with Gasteiger partial charge >= 0.3 is 5.97 Å². The number of sulfonamides is 1. The second-order valence-corrected chi connectivity index (χ2v) is 9.81. The third-order valence-electron chi connectivity index (χ3n) is 2.76. The summed E-state index contributed by atoms with van der Waals surface area (Å²) in [5, 5.41) is 9.19. The number of thiophene rings is 1. The smallest absolute Gasteiger partial charge is 0.345 e. The summed E-state index contributed by atoms with van der Waals surface area (Å²) in [7, 11) is -3.63. The molecule has 112 valence electrons. The minimum absolute atomic E-state index is 0.0467. The summed E-state index contributed by atoms with van der Waals surface area (Å²) < 4.78 is 27.0. The van der Waals surface area contributed by atoms with E-state index >= 15 is 0 Å². The van der Waals surface area contributed by atoms with Crippen LogP contribution in [0.2, 0.25) is 0 Å². The predicted molar refractivity (Wildman–Crippen MR) is 84.8 cm³/mol. The topological polar surface area (TPSA) is 83.5 Å². The normalized spacial score (nSPS) is 19.9. The van der Waals surface area contributed by atoms with E-state index in [0.29, 0.717) is 11.4 Å². The van der Waals surface area contributed by atoms with Crippen LogP contribution >= 0.6 is 34.9 Å². The highest BCUT2D eigenvalue weighted by Gasteiger charge is 2.24. The molecule has 2 heterocycles. The lowest BCUT2D eigenvalue weighted by Crippen LogP contribution is -2.33. The van der Waals surface area contributed by atoms with Crippen LogP contribution in [0.3, 0.4) is 0 Å². The van der Waals surface area contributed by atoms with Crippen LogP contribution in [-0.4, -0.2) is 48.5 Å². The summed E-state index contributed by atoms with van der Waals surface area (Å²) in [4.78, 5) is 11.5. The molecule has 0 aliphatic carbocycles. The summed E-state index contributed by atoms with van der Waals surface area (Å²) in [5.74, 6) is 1.99. The van der Waals surface area contributed by atoms with Crippen LogP contribution in [0.5, 0.6) is 0 Å². The molecule has 1 aromatic heterocycles. The van der Waals surface area contributed by atoms with E-state index in [-0.39, 0.29) is 15.0 Å². The Labute approximate surface area is 130 Å². The number of thioether (sulfide) groups is 2. The highest BCUT2D eigenvalue weighted by molar-refractivity contribution is 8.06. The number of nitrogens with one attached hydrogen (secondary N) is 1. The molecule has 0 bridgehead atoms. The van der Waals surface area contributed by atoms with E-state index in [2.05, 4.69) is 4.72 Å². The average molecular weight is 354 g/mol. The van der Waals surface area contributed by atoms with Crippen molar-refractivity contribution < 1.29 is 18.3 Å². The molecule has 1 atom stereocenters. The maximum absolute atomic E-state index is 12.2. The van der Waals surface area contributed by atoms with E-state index in [1.807, 2.05) is 11.8 Å². The van der Waals surface area contributed by atoms with Gasteiger partial charge in [-0.25, -0.2) is 17.9 Å². The summed E-state index contributed by atoms with van der Waals surface area (Å²) >= 11 is 4.59. The van der Waals surface area contributed by atoms with E-state index in [4.69, 9.17) is 5.11 Å². The summed E-state index contributed by atoms with van der Waals surface area (Å²) in [6.07, 6.45) is 0. The molecule has 5 nitrogen and oxygen atoms in total. The second-order valence-electron chi connectivity index (χ2n) is 4.26. The van der Waals surface area contributed by atoms with Gasteiger partial charge < -0.3 is 5.11 Å². The number of hydrogen-bond donors (Lipinski definition) is 2. The van der Waals surface area contributed by atoms with Crippen LogP contribution in [0.25, 0.3) is 0 Å². The molecule has 0 spiro atoms. The van der Waals surface area contributed by atoms with Crippen molar-refractivity contribution in [3.05, 3.63) is 15.8 Å². The van der Waals surface area contributed by atoms with Gasteiger partial charge in [0.15, 0.2) is 0 Å². The van der Waals surface area contributed by atoms with Gasteiger partial charge in [0.25, 0.3) is 0 Å². The molecule has 2 N–H and O–H groups in total. The minimum Gasteiger partial charge on any atom is -0.477 e. The summed E-state index contributed by atoms with van der Waals surface area (Å²) in [6.45, 7) is 2.01. The molecule has 0 saturated carbocycles. The van der Waals surface area contributed by atoms with Gasteiger partial charge in [-0.05, 0) is 13.0 Å². The third kappa shape index (κ3) is 3.91. The Bertz CT molecular complexity index is 590. The van der Waals surface area contributed by atoms with Gasteiger partial charge in [-0.15, -0.1) is 11.3 Å². The zero-order valence-electron chi connectivity index (χ0n) is 10.8. The zero-order chi connectivity index (χ0) is 14.8. The molecule has 20 heavy (non-hydrogen) atoms. The van der Waals surface area contributed by atoms with E-state index in [1.165, 1.54) is 6.07 Å². The van der Waals surface area contributed by atoms with Crippen LogP contribution in [0.4, 0.5) is 0 Å². The van der Waals surface area contributed by atoms with Gasteiger partial charge in [0.1, 0.15) is 4.88 Å². The Balaban J connectivity index is 2.07. The standard InChI is InChI=1S/C11H15NO4S4/c1-7-10(4-9(19-7)11(13)14)20(15,16)12-5-8-6-17-2-3-18-8/h4,8,12H,2-3,5-6H2,1H3,(H,13,14). The molecule has 0 aromatic carbocycles. The summed E-state index contributed by atoms with van der Waals surface area (Å²) in [5.41, 5.74) is 0. The van der Waals surface area contributed by atoms with Crippen molar-refractivity contribution in [1.29, 1.82) is 0 Å². The van der Waals surface area contributed by atoms with Crippen molar-refractivity contribution in [2.75, 3.05) is 23.8 Å².